The highest BCUT2D eigenvalue weighted by Gasteiger charge is 2.24. The van der Waals surface area contributed by atoms with Crippen molar-refractivity contribution < 1.29 is 9.47 Å². The number of hydrogen-bond acceptors (Lipinski definition) is 4. The Morgan fingerprint density at radius 1 is 1.10 bits per heavy atom. The first kappa shape index (κ1) is 13.8. The summed E-state index contributed by atoms with van der Waals surface area (Å²) >= 11 is 0. The van der Waals surface area contributed by atoms with Crippen molar-refractivity contribution in [3.05, 3.63) is 23.9 Å². The second-order valence-electron chi connectivity index (χ2n) is 5.77. The molecular formula is C16H24N2O2. The summed E-state index contributed by atoms with van der Waals surface area (Å²) < 4.78 is 11.6. The number of hydrogen-bond donors (Lipinski definition) is 0. The molecule has 1 aromatic heterocycles. The van der Waals surface area contributed by atoms with Gasteiger partial charge in [0.2, 0.25) is 0 Å². The van der Waals surface area contributed by atoms with Crippen LogP contribution in [-0.4, -0.2) is 43.5 Å². The van der Waals surface area contributed by atoms with Crippen molar-refractivity contribution in [2.75, 3.05) is 31.2 Å². The van der Waals surface area contributed by atoms with Gasteiger partial charge in [-0.1, -0.05) is 6.07 Å². The van der Waals surface area contributed by atoms with Gasteiger partial charge in [0.1, 0.15) is 5.82 Å². The molecule has 4 heteroatoms. The van der Waals surface area contributed by atoms with Crippen molar-refractivity contribution in [2.24, 2.45) is 0 Å². The van der Waals surface area contributed by atoms with Gasteiger partial charge < -0.3 is 14.4 Å². The molecule has 1 aromatic rings. The van der Waals surface area contributed by atoms with Crippen LogP contribution in [0.3, 0.4) is 0 Å². The van der Waals surface area contributed by atoms with Crippen LogP contribution in [-0.2, 0) is 9.47 Å². The number of nitrogens with zero attached hydrogens (tertiary/aromatic N) is 2. The molecule has 3 heterocycles. The Hall–Kier alpha value is -1.13. The minimum atomic E-state index is 0.414. The lowest BCUT2D eigenvalue weighted by Crippen LogP contribution is -2.39. The molecule has 0 saturated carbocycles. The number of piperidine rings is 1. The lowest BCUT2D eigenvalue weighted by atomic mass is 10.1. The molecule has 2 aliphatic heterocycles. The van der Waals surface area contributed by atoms with E-state index in [-0.39, 0.29) is 0 Å². The SMILES string of the molecule is Cc1cccc(N2CCC(OC3CCOCC3)CC2)n1. The number of aryl methyl sites for hydroxylation is 1. The van der Waals surface area contributed by atoms with E-state index < -0.39 is 0 Å². The van der Waals surface area contributed by atoms with Crippen LogP contribution in [0.1, 0.15) is 31.4 Å². The van der Waals surface area contributed by atoms with Crippen LogP contribution in [0.5, 0.6) is 0 Å². The Morgan fingerprint density at radius 2 is 1.80 bits per heavy atom. The second kappa shape index (κ2) is 6.55. The quantitative estimate of drug-likeness (QED) is 0.850. The number of anilines is 1. The van der Waals surface area contributed by atoms with E-state index in [9.17, 15) is 0 Å². The maximum absolute atomic E-state index is 6.21. The molecule has 0 aromatic carbocycles. The van der Waals surface area contributed by atoms with Crippen LogP contribution in [0.2, 0.25) is 0 Å². The second-order valence-corrected chi connectivity index (χ2v) is 5.77. The highest BCUT2D eigenvalue weighted by molar-refractivity contribution is 5.39. The smallest absolute Gasteiger partial charge is 0.128 e. The summed E-state index contributed by atoms with van der Waals surface area (Å²) in [6, 6.07) is 6.24. The Morgan fingerprint density at radius 3 is 2.50 bits per heavy atom. The lowest BCUT2D eigenvalue weighted by molar-refractivity contribution is -0.0743. The Balaban J connectivity index is 1.49. The molecule has 20 heavy (non-hydrogen) atoms. The van der Waals surface area contributed by atoms with E-state index >= 15 is 0 Å². The summed E-state index contributed by atoms with van der Waals surface area (Å²) in [5, 5.41) is 0. The van der Waals surface area contributed by atoms with Crippen molar-refractivity contribution in [3.63, 3.8) is 0 Å². The molecule has 0 atom stereocenters. The third-order valence-electron chi connectivity index (χ3n) is 4.19. The minimum absolute atomic E-state index is 0.414. The first-order chi connectivity index (χ1) is 9.81. The highest BCUT2D eigenvalue weighted by Crippen LogP contribution is 2.22. The van der Waals surface area contributed by atoms with Gasteiger partial charge in [-0.15, -0.1) is 0 Å². The zero-order chi connectivity index (χ0) is 13.8. The maximum Gasteiger partial charge on any atom is 0.128 e. The van der Waals surface area contributed by atoms with Gasteiger partial charge in [0.15, 0.2) is 0 Å². The van der Waals surface area contributed by atoms with Crippen LogP contribution >= 0.6 is 0 Å². The van der Waals surface area contributed by atoms with Crippen molar-refractivity contribution in [2.45, 2.75) is 44.8 Å². The summed E-state index contributed by atoms with van der Waals surface area (Å²) in [7, 11) is 0. The number of rotatable bonds is 3. The van der Waals surface area contributed by atoms with Gasteiger partial charge in [-0.05, 0) is 44.7 Å². The van der Waals surface area contributed by atoms with Gasteiger partial charge in [-0.25, -0.2) is 4.98 Å². The predicted molar refractivity (Wildman–Crippen MR) is 79.1 cm³/mol. The number of pyridine rings is 1. The van der Waals surface area contributed by atoms with Gasteiger partial charge in [0.05, 0.1) is 12.2 Å². The minimum Gasteiger partial charge on any atom is -0.381 e. The summed E-state index contributed by atoms with van der Waals surface area (Å²) in [5.74, 6) is 1.11. The van der Waals surface area contributed by atoms with Gasteiger partial charge >= 0.3 is 0 Å². The average molecular weight is 276 g/mol. The van der Waals surface area contributed by atoms with E-state index in [4.69, 9.17) is 9.47 Å². The van der Waals surface area contributed by atoms with Crippen LogP contribution < -0.4 is 4.90 Å². The van der Waals surface area contributed by atoms with Crippen molar-refractivity contribution in [1.29, 1.82) is 0 Å². The molecule has 0 amide bonds. The van der Waals surface area contributed by atoms with Crippen molar-refractivity contribution in [3.8, 4) is 0 Å². The number of aromatic nitrogens is 1. The van der Waals surface area contributed by atoms with E-state index in [1.54, 1.807) is 0 Å². The largest absolute Gasteiger partial charge is 0.381 e. The molecule has 2 saturated heterocycles. The Kier molecular flexibility index (Phi) is 4.53. The summed E-state index contributed by atoms with van der Waals surface area (Å²) in [6.45, 7) is 5.85. The van der Waals surface area contributed by atoms with Gasteiger partial charge in [0.25, 0.3) is 0 Å². The van der Waals surface area contributed by atoms with E-state index in [2.05, 4.69) is 22.0 Å². The highest BCUT2D eigenvalue weighted by atomic mass is 16.5. The predicted octanol–water partition coefficient (Wildman–Crippen LogP) is 2.55. The fraction of sp³-hybridized carbons (Fsp3) is 0.688. The summed E-state index contributed by atoms with van der Waals surface area (Å²) in [4.78, 5) is 6.98. The van der Waals surface area contributed by atoms with Crippen LogP contribution in [0.4, 0.5) is 5.82 Å². The zero-order valence-electron chi connectivity index (χ0n) is 12.3. The average Bonchev–Trinajstić information content (AvgIpc) is 2.49. The van der Waals surface area contributed by atoms with Gasteiger partial charge in [-0.3, -0.25) is 0 Å². The van der Waals surface area contributed by atoms with E-state index in [0.29, 0.717) is 12.2 Å². The first-order valence-corrected chi connectivity index (χ1v) is 7.73. The lowest BCUT2D eigenvalue weighted by Gasteiger charge is -2.35. The molecule has 0 bridgehead atoms. The molecule has 0 N–H and O–H groups in total. The van der Waals surface area contributed by atoms with Crippen molar-refractivity contribution >= 4 is 5.82 Å². The molecule has 0 unspecified atom stereocenters. The summed E-state index contributed by atoms with van der Waals surface area (Å²) in [5.41, 5.74) is 1.09. The van der Waals surface area contributed by atoms with Crippen LogP contribution in [0, 0.1) is 6.92 Å². The van der Waals surface area contributed by atoms with Gasteiger partial charge in [0, 0.05) is 32.0 Å². The zero-order valence-corrected chi connectivity index (χ0v) is 12.3. The molecule has 3 rings (SSSR count). The molecule has 2 fully saturated rings. The summed E-state index contributed by atoms with van der Waals surface area (Å²) in [6.07, 6.45) is 5.15. The standard InChI is InChI=1S/C16H24N2O2/c1-13-3-2-4-16(17-13)18-9-5-14(6-10-18)20-15-7-11-19-12-8-15/h2-4,14-15H,5-12H2,1H3. The fourth-order valence-corrected chi connectivity index (χ4v) is 3.01. The molecule has 0 spiro atoms. The molecule has 110 valence electrons. The monoisotopic (exact) mass is 276 g/mol. The third kappa shape index (κ3) is 3.49. The fourth-order valence-electron chi connectivity index (χ4n) is 3.01. The van der Waals surface area contributed by atoms with E-state index in [0.717, 1.165) is 63.5 Å². The van der Waals surface area contributed by atoms with Gasteiger partial charge in [-0.2, -0.15) is 0 Å². The normalized spacial score (nSPS) is 22.1. The first-order valence-electron chi connectivity index (χ1n) is 7.73. The van der Waals surface area contributed by atoms with Crippen LogP contribution in [0.15, 0.2) is 18.2 Å². The molecular weight excluding hydrogens is 252 g/mol. The molecule has 4 nitrogen and oxygen atoms in total. The molecule has 0 radical (unpaired) electrons. The topological polar surface area (TPSA) is 34.6 Å². The van der Waals surface area contributed by atoms with Crippen LogP contribution in [0.25, 0.3) is 0 Å². The Bertz CT molecular complexity index is 424. The Labute approximate surface area is 121 Å². The number of ether oxygens (including phenoxy) is 2. The maximum atomic E-state index is 6.21. The molecule has 0 aliphatic carbocycles. The van der Waals surface area contributed by atoms with E-state index in [1.165, 1.54) is 0 Å². The third-order valence-corrected chi connectivity index (χ3v) is 4.19. The van der Waals surface area contributed by atoms with E-state index in [1.807, 2.05) is 13.0 Å². The molecule has 2 aliphatic rings. The van der Waals surface area contributed by atoms with Crippen molar-refractivity contribution in [1.82, 2.24) is 4.98 Å².